The molecule has 0 spiro atoms. The number of hydrogen-bond acceptors (Lipinski definition) is 3. The number of hydrogen-bond donors (Lipinski definition) is 1. The van der Waals surface area contributed by atoms with Gasteiger partial charge in [-0.3, -0.25) is 0 Å². The lowest BCUT2D eigenvalue weighted by atomic mass is 10.1. The van der Waals surface area contributed by atoms with Gasteiger partial charge in [-0.1, -0.05) is 13.8 Å². The van der Waals surface area contributed by atoms with E-state index in [0.29, 0.717) is 18.8 Å². The van der Waals surface area contributed by atoms with Crippen molar-refractivity contribution in [3.05, 3.63) is 23.3 Å². The molecule has 0 heterocycles. The Hall–Kier alpha value is -1.07. The Morgan fingerprint density at radius 3 is 2.12 bits per heavy atom. The van der Waals surface area contributed by atoms with E-state index < -0.39 is 10.0 Å². The van der Waals surface area contributed by atoms with Gasteiger partial charge in [0.1, 0.15) is 0 Å². The number of anilines is 1. The average Bonchev–Trinajstić information content (AvgIpc) is 2.26. The van der Waals surface area contributed by atoms with Gasteiger partial charge in [0.15, 0.2) is 0 Å². The molecule has 5 heteroatoms. The van der Waals surface area contributed by atoms with Gasteiger partial charge in [-0.2, -0.15) is 4.31 Å². The Labute approximate surface area is 103 Å². The second-order valence-corrected chi connectivity index (χ2v) is 5.98. The quantitative estimate of drug-likeness (QED) is 0.837. The van der Waals surface area contributed by atoms with Crippen molar-refractivity contribution in [3.8, 4) is 0 Å². The summed E-state index contributed by atoms with van der Waals surface area (Å²) in [6.45, 7) is 8.33. The van der Waals surface area contributed by atoms with Crippen LogP contribution in [0.4, 0.5) is 5.69 Å². The normalized spacial score (nSPS) is 12.1. The summed E-state index contributed by atoms with van der Waals surface area (Å²) in [6, 6.07) is 3.22. The smallest absolute Gasteiger partial charge is 0.243 e. The largest absolute Gasteiger partial charge is 0.398 e. The van der Waals surface area contributed by atoms with Gasteiger partial charge in [0.05, 0.1) is 4.90 Å². The van der Waals surface area contributed by atoms with E-state index in [4.69, 9.17) is 5.73 Å². The molecule has 0 bridgehead atoms. The fourth-order valence-electron chi connectivity index (χ4n) is 1.71. The van der Waals surface area contributed by atoms with Gasteiger partial charge in [-0.05, 0) is 37.1 Å². The molecule has 0 amide bonds. The van der Waals surface area contributed by atoms with Crippen molar-refractivity contribution in [1.29, 1.82) is 0 Å². The molecule has 0 unspecified atom stereocenters. The topological polar surface area (TPSA) is 63.4 Å². The number of aryl methyl sites for hydroxylation is 1. The first-order chi connectivity index (χ1) is 7.84. The summed E-state index contributed by atoms with van der Waals surface area (Å²) in [5.41, 5.74) is 8.17. The lowest BCUT2D eigenvalue weighted by Crippen LogP contribution is -2.30. The van der Waals surface area contributed by atoms with E-state index in [-0.39, 0.29) is 4.90 Å². The van der Waals surface area contributed by atoms with E-state index in [9.17, 15) is 8.42 Å². The molecule has 0 aliphatic rings. The number of nitrogens with zero attached hydrogens (tertiary/aromatic N) is 1. The highest BCUT2D eigenvalue weighted by molar-refractivity contribution is 7.89. The van der Waals surface area contributed by atoms with Crippen LogP contribution in [0.25, 0.3) is 0 Å². The van der Waals surface area contributed by atoms with Crippen LogP contribution in [0.3, 0.4) is 0 Å². The molecule has 96 valence electrons. The fraction of sp³-hybridized carbons (Fsp3) is 0.500. The summed E-state index contributed by atoms with van der Waals surface area (Å²) < 4.78 is 26.0. The van der Waals surface area contributed by atoms with Crippen molar-refractivity contribution in [2.24, 2.45) is 0 Å². The lowest BCUT2D eigenvalue weighted by Gasteiger charge is -2.19. The van der Waals surface area contributed by atoms with Gasteiger partial charge in [0, 0.05) is 18.8 Å². The predicted molar refractivity (Wildman–Crippen MR) is 70.4 cm³/mol. The van der Waals surface area contributed by atoms with E-state index >= 15 is 0 Å². The summed E-state index contributed by atoms with van der Waals surface area (Å²) in [5.74, 6) is 0. The van der Waals surface area contributed by atoms with Crippen molar-refractivity contribution in [2.75, 3.05) is 18.8 Å². The summed E-state index contributed by atoms with van der Waals surface area (Å²) in [5, 5.41) is 0. The van der Waals surface area contributed by atoms with Crippen LogP contribution >= 0.6 is 0 Å². The van der Waals surface area contributed by atoms with Crippen LogP contribution in [0.2, 0.25) is 0 Å². The first-order valence-corrected chi connectivity index (χ1v) is 7.15. The Bertz CT molecular complexity index is 482. The van der Waals surface area contributed by atoms with Gasteiger partial charge < -0.3 is 5.73 Å². The molecular weight excluding hydrogens is 236 g/mol. The number of rotatable bonds is 4. The fourth-order valence-corrected chi connectivity index (χ4v) is 3.29. The van der Waals surface area contributed by atoms with E-state index in [1.54, 1.807) is 6.07 Å². The van der Waals surface area contributed by atoms with Crippen molar-refractivity contribution in [2.45, 2.75) is 32.6 Å². The number of nitrogens with two attached hydrogens (primary N) is 1. The molecular formula is C12H20N2O2S. The second kappa shape index (κ2) is 5.06. The Kier molecular flexibility index (Phi) is 4.16. The van der Waals surface area contributed by atoms with Crippen molar-refractivity contribution >= 4 is 15.7 Å². The summed E-state index contributed by atoms with van der Waals surface area (Å²) >= 11 is 0. The molecule has 0 aliphatic carbocycles. The standard InChI is InChI=1S/C12H20N2O2S/c1-5-14(6-2)17(15,16)11-7-9(3)10(4)12(13)8-11/h7-8H,5-6,13H2,1-4H3. The summed E-state index contributed by atoms with van der Waals surface area (Å²) in [7, 11) is -3.41. The van der Waals surface area contributed by atoms with Crippen LogP contribution in [0.15, 0.2) is 17.0 Å². The SMILES string of the molecule is CCN(CC)S(=O)(=O)c1cc(C)c(C)c(N)c1. The maximum absolute atomic E-state index is 12.3. The van der Waals surface area contributed by atoms with Crippen LogP contribution < -0.4 is 5.73 Å². The zero-order chi connectivity index (χ0) is 13.2. The molecule has 0 atom stereocenters. The van der Waals surface area contributed by atoms with E-state index in [0.717, 1.165) is 11.1 Å². The van der Waals surface area contributed by atoms with Crippen molar-refractivity contribution < 1.29 is 8.42 Å². The number of sulfonamides is 1. The van der Waals surface area contributed by atoms with Crippen LogP contribution in [0.5, 0.6) is 0 Å². The highest BCUT2D eigenvalue weighted by Crippen LogP contribution is 2.23. The van der Waals surface area contributed by atoms with Crippen LogP contribution in [0.1, 0.15) is 25.0 Å². The Balaban J connectivity index is 3.34. The molecule has 2 N–H and O–H groups in total. The predicted octanol–water partition coefficient (Wildman–Crippen LogP) is 1.92. The van der Waals surface area contributed by atoms with Crippen LogP contribution in [-0.4, -0.2) is 25.8 Å². The molecule has 4 nitrogen and oxygen atoms in total. The molecule has 0 saturated carbocycles. The maximum Gasteiger partial charge on any atom is 0.243 e. The maximum atomic E-state index is 12.3. The molecule has 0 aromatic heterocycles. The lowest BCUT2D eigenvalue weighted by molar-refractivity contribution is 0.445. The van der Waals surface area contributed by atoms with Crippen LogP contribution in [0, 0.1) is 13.8 Å². The molecule has 0 aliphatic heterocycles. The van der Waals surface area contributed by atoms with Crippen molar-refractivity contribution in [3.63, 3.8) is 0 Å². The minimum atomic E-state index is -3.41. The Morgan fingerprint density at radius 1 is 1.18 bits per heavy atom. The third-order valence-corrected chi connectivity index (χ3v) is 5.05. The number of nitrogen functional groups attached to an aromatic ring is 1. The molecule has 17 heavy (non-hydrogen) atoms. The zero-order valence-electron chi connectivity index (χ0n) is 10.8. The van der Waals surface area contributed by atoms with E-state index in [2.05, 4.69) is 0 Å². The third kappa shape index (κ3) is 2.61. The third-order valence-electron chi connectivity index (χ3n) is 3.02. The minimum Gasteiger partial charge on any atom is -0.398 e. The zero-order valence-corrected chi connectivity index (χ0v) is 11.6. The van der Waals surface area contributed by atoms with E-state index in [1.807, 2.05) is 27.7 Å². The highest BCUT2D eigenvalue weighted by Gasteiger charge is 2.22. The summed E-state index contributed by atoms with van der Waals surface area (Å²) in [4.78, 5) is 0.279. The van der Waals surface area contributed by atoms with Gasteiger partial charge in [-0.25, -0.2) is 8.42 Å². The molecule has 0 saturated heterocycles. The molecule has 0 radical (unpaired) electrons. The first-order valence-electron chi connectivity index (χ1n) is 5.71. The van der Waals surface area contributed by atoms with Gasteiger partial charge in [0.2, 0.25) is 10.0 Å². The van der Waals surface area contributed by atoms with Crippen LogP contribution in [-0.2, 0) is 10.0 Å². The molecule has 1 aromatic carbocycles. The van der Waals surface area contributed by atoms with E-state index in [1.165, 1.54) is 10.4 Å². The van der Waals surface area contributed by atoms with Gasteiger partial charge >= 0.3 is 0 Å². The Morgan fingerprint density at radius 2 is 1.71 bits per heavy atom. The molecule has 0 fully saturated rings. The van der Waals surface area contributed by atoms with Crippen molar-refractivity contribution in [1.82, 2.24) is 4.31 Å². The van der Waals surface area contributed by atoms with Gasteiger partial charge in [0.25, 0.3) is 0 Å². The monoisotopic (exact) mass is 256 g/mol. The number of benzene rings is 1. The summed E-state index contributed by atoms with van der Waals surface area (Å²) in [6.07, 6.45) is 0. The average molecular weight is 256 g/mol. The molecule has 1 rings (SSSR count). The minimum absolute atomic E-state index is 0.279. The second-order valence-electron chi connectivity index (χ2n) is 4.04. The molecule has 1 aromatic rings. The highest BCUT2D eigenvalue weighted by atomic mass is 32.2. The first kappa shape index (κ1) is 14.0. The van der Waals surface area contributed by atoms with Gasteiger partial charge in [-0.15, -0.1) is 0 Å².